The van der Waals surface area contributed by atoms with E-state index in [0.717, 1.165) is 33.5 Å². The van der Waals surface area contributed by atoms with Crippen LogP contribution in [-0.2, 0) is 16.0 Å². The third-order valence-corrected chi connectivity index (χ3v) is 8.11. The minimum absolute atomic E-state index is 0.0252. The Hall–Kier alpha value is -4.92. The van der Waals surface area contributed by atoms with Gasteiger partial charge in [0.05, 0.1) is 28.9 Å². The van der Waals surface area contributed by atoms with Crippen LogP contribution in [0, 0.1) is 15.5 Å². The average Bonchev–Trinajstić information content (AvgIpc) is 3.31. The number of nitro groups is 1. The van der Waals surface area contributed by atoms with E-state index in [-0.39, 0.29) is 29.3 Å². The minimum atomic E-state index is -0.681. The standard InChI is InChI=1S/C33H33N5O4/c1-33(2)17-27-31(29(39)18-33)32(21-8-7-9-23(16-21)38(41)42)37(28-13-6-5-12-26(28)36-27)20-30(40)34-15-14-22-19-35-25-11-4-3-10-24(22)25/h3-13,16,19,32,35-36H,14-15,17-18,20H2,1-2H3,(H,34,40). The van der Waals surface area contributed by atoms with Crippen LogP contribution in [0.25, 0.3) is 10.9 Å². The number of hydrogen-bond donors (Lipinski definition) is 3. The first-order valence-corrected chi connectivity index (χ1v) is 14.2. The normalized spacial score (nSPS) is 17.7. The molecule has 0 saturated heterocycles. The van der Waals surface area contributed by atoms with Gasteiger partial charge < -0.3 is 20.5 Å². The molecule has 3 aromatic carbocycles. The molecular weight excluding hydrogens is 530 g/mol. The summed E-state index contributed by atoms with van der Waals surface area (Å²) in [4.78, 5) is 43.8. The van der Waals surface area contributed by atoms with Crippen LogP contribution in [0.3, 0.4) is 0 Å². The quantitative estimate of drug-likeness (QED) is 0.186. The van der Waals surface area contributed by atoms with Crippen LogP contribution in [-0.4, -0.2) is 34.7 Å². The fraction of sp³-hybridized carbons (Fsp3) is 0.273. The molecule has 9 nitrogen and oxygen atoms in total. The maximum atomic E-state index is 13.8. The number of fused-ring (bicyclic) bond motifs is 2. The molecule has 3 N–H and O–H groups in total. The lowest BCUT2D eigenvalue weighted by Crippen LogP contribution is -2.42. The van der Waals surface area contributed by atoms with Gasteiger partial charge in [-0.3, -0.25) is 19.7 Å². The molecule has 1 aliphatic carbocycles. The summed E-state index contributed by atoms with van der Waals surface area (Å²) in [6.07, 6.45) is 3.61. The number of allylic oxidation sites excluding steroid dienone is 1. The average molecular weight is 564 g/mol. The van der Waals surface area contributed by atoms with E-state index in [1.54, 1.807) is 12.1 Å². The first-order chi connectivity index (χ1) is 20.2. The van der Waals surface area contributed by atoms with Crippen molar-refractivity contribution < 1.29 is 14.5 Å². The van der Waals surface area contributed by atoms with Gasteiger partial charge in [-0.1, -0.05) is 56.3 Å². The molecule has 0 saturated carbocycles. The molecule has 2 aliphatic rings. The molecule has 2 heterocycles. The Balaban J connectivity index is 1.36. The highest BCUT2D eigenvalue weighted by atomic mass is 16.6. The lowest BCUT2D eigenvalue weighted by atomic mass is 9.73. The van der Waals surface area contributed by atoms with Crippen molar-refractivity contribution in [3.63, 3.8) is 0 Å². The smallest absolute Gasteiger partial charge is 0.269 e. The van der Waals surface area contributed by atoms with Gasteiger partial charge in [-0.25, -0.2) is 0 Å². The lowest BCUT2D eigenvalue weighted by Gasteiger charge is -2.37. The van der Waals surface area contributed by atoms with Gasteiger partial charge >= 0.3 is 0 Å². The second kappa shape index (κ2) is 10.8. The van der Waals surface area contributed by atoms with Gasteiger partial charge in [-0.15, -0.1) is 0 Å². The highest BCUT2D eigenvalue weighted by Crippen LogP contribution is 2.48. The van der Waals surface area contributed by atoms with Crippen LogP contribution in [0.15, 0.2) is 90.3 Å². The van der Waals surface area contributed by atoms with E-state index >= 15 is 0 Å². The summed E-state index contributed by atoms with van der Waals surface area (Å²) in [6, 6.07) is 21.4. The van der Waals surface area contributed by atoms with Crippen LogP contribution < -0.4 is 15.5 Å². The number of nitrogens with zero attached hydrogens (tertiary/aromatic N) is 2. The topological polar surface area (TPSA) is 120 Å². The predicted molar refractivity (Wildman–Crippen MR) is 163 cm³/mol. The number of carbonyl (C=O) groups excluding carboxylic acids is 2. The van der Waals surface area contributed by atoms with E-state index in [1.165, 1.54) is 12.1 Å². The highest BCUT2D eigenvalue weighted by molar-refractivity contribution is 6.02. The summed E-state index contributed by atoms with van der Waals surface area (Å²) in [6.45, 7) is 4.53. The van der Waals surface area contributed by atoms with Crippen LogP contribution >= 0.6 is 0 Å². The van der Waals surface area contributed by atoms with Crippen LogP contribution in [0.5, 0.6) is 0 Å². The fourth-order valence-corrected chi connectivity index (χ4v) is 6.27. The number of amides is 1. The number of Topliss-reactive ketones (excluding diaryl/α,β-unsaturated/α-hetero) is 1. The van der Waals surface area contributed by atoms with Crippen molar-refractivity contribution in [1.82, 2.24) is 10.3 Å². The van der Waals surface area contributed by atoms with Crippen molar-refractivity contribution in [2.45, 2.75) is 39.2 Å². The number of para-hydroxylation sites is 3. The second-order valence-corrected chi connectivity index (χ2v) is 11.8. The summed E-state index contributed by atoms with van der Waals surface area (Å²) < 4.78 is 0. The molecule has 0 fully saturated rings. The molecule has 1 atom stereocenters. The number of carbonyl (C=O) groups is 2. The first-order valence-electron chi connectivity index (χ1n) is 14.2. The summed E-state index contributed by atoms with van der Waals surface area (Å²) in [7, 11) is 0. The lowest BCUT2D eigenvalue weighted by molar-refractivity contribution is -0.384. The number of rotatable bonds is 7. The zero-order valence-electron chi connectivity index (χ0n) is 23.6. The molecule has 0 radical (unpaired) electrons. The monoisotopic (exact) mass is 563 g/mol. The number of benzene rings is 3. The number of anilines is 2. The molecule has 1 aliphatic heterocycles. The zero-order chi connectivity index (χ0) is 29.4. The van der Waals surface area contributed by atoms with Crippen LogP contribution in [0.2, 0.25) is 0 Å². The maximum Gasteiger partial charge on any atom is 0.269 e. The van der Waals surface area contributed by atoms with Crippen molar-refractivity contribution in [2.24, 2.45) is 5.41 Å². The van der Waals surface area contributed by atoms with Gasteiger partial charge in [-0.05, 0) is 47.6 Å². The van der Waals surface area contributed by atoms with E-state index in [0.29, 0.717) is 36.9 Å². The molecule has 0 spiro atoms. The Morgan fingerprint density at radius 2 is 1.86 bits per heavy atom. The van der Waals surface area contributed by atoms with Crippen molar-refractivity contribution in [3.8, 4) is 0 Å². The Morgan fingerprint density at radius 3 is 2.69 bits per heavy atom. The summed E-state index contributed by atoms with van der Waals surface area (Å²) in [5.74, 6) is -0.226. The van der Waals surface area contributed by atoms with E-state index in [2.05, 4.69) is 35.5 Å². The number of aromatic amines is 1. The van der Waals surface area contributed by atoms with Gasteiger partial charge in [0.1, 0.15) is 0 Å². The molecule has 0 bridgehead atoms. The Labute approximate surface area is 243 Å². The fourth-order valence-electron chi connectivity index (χ4n) is 6.27. The van der Waals surface area contributed by atoms with E-state index in [1.807, 2.05) is 53.6 Å². The Morgan fingerprint density at radius 1 is 1.07 bits per heavy atom. The number of non-ortho nitro benzene ring substituents is 1. The number of nitro benzene ring substituents is 1. The first kappa shape index (κ1) is 27.3. The number of H-pyrrole nitrogens is 1. The van der Waals surface area contributed by atoms with Crippen molar-refractivity contribution in [3.05, 3.63) is 112 Å². The van der Waals surface area contributed by atoms with Crippen molar-refractivity contribution in [2.75, 3.05) is 23.3 Å². The third-order valence-electron chi connectivity index (χ3n) is 8.11. The van der Waals surface area contributed by atoms with Gasteiger partial charge in [0.2, 0.25) is 5.91 Å². The van der Waals surface area contributed by atoms with Gasteiger partial charge in [0, 0.05) is 53.5 Å². The summed E-state index contributed by atoms with van der Waals surface area (Å²) in [5.41, 5.74) is 5.34. The molecule has 1 unspecified atom stereocenters. The minimum Gasteiger partial charge on any atom is -0.361 e. The zero-order valence-corrected chi connectivity index (χ0v) is 23.6. The summed E-state index contributed by atoms with van der Waals surface area (Å²) in [5, 5.41) is 19.4. The SMILES string of the molecule is CC1(C)CC(=O)C2=C(C1)Nc1ccccc1N(CC(=O)NCCc1c[nH]c3ccccc13)C2c1cccc([N+](=O)[O-])c1. The van der Waals surface area contributed by atoms with Gasteiger partial charge in [0.15, 0.2) is 5.78 Å². The van der Waals surface area contributed by atoms with Crippen molar-refractivity contribution >= 4 is 39.7 Å². The van der Waals surface area contributed by atoms with Crippen LogP contribution in [0.1, 0.15) is 43.9 Å². The molecule has 4 aromatic rings. The van der Waals surface area contributed by atoms with Crippen molar-refractivity contribution in [1.29, 1.82) is 0 Å². The largest absolute Gasteiger partial charge is 0.361 e. The molecule has 6 rings (SSSR count). The number of aromatic nitrogens is 1. The van der Waals surface area contributed by atoms with Gasteiger partial charge in [-0.2, -0.15) is 0 Å². The van der Waals surface area contributed by atoms with Gasteiger partial charge in [0.25, 0.3) is 5.69 Å². The Bertz CT molecular complexity index is 1740. The number of ketones is 1. The van der Waals surface area contributed by atoms with E-state index < -0.39 is 11.0 Å². The number of hydrogen-bond acceptors (Lipinski definition) is 6. The number of nitrogens with one attached hydrogen (secondary N) is 3. The second-order valence-electron chi connectivity index (χ2n) is 11.8. The molecule has 1 amide bonds. The molecule has 42 heavy (non-hydrogen) atoms. The van der Waals surface area contributed by atoms with E-state index in [9.17, 15) is 19.7 Å². The molecule has 1 aromatic heterocycles. The highest BCUT2D eigenvalue weighted by Gasteiger charge is 2.42. The Kier molecular flexibility index (Phi) is 7.02. The molecule has 9 heteroatoms. The predicted octanol–water partition coefficient (Wildman–Crippen LogP) is 6.05. The third kappa shape index (κ3) is 5.25. The molecular formula is C33H33N5O4. The molecule has 214 valence electrons. The van der Waals surface area contributed by atoms with Crippen LogP contribution in [0.4, 0.5) is 17.1 Å². The van der Waals surface area contributed by atoms with E-state index in [4.69, 9.17) is 0 Å². The summed E-state index contributed by atoms with van der Waals surface area (Å²) >= 11 is 0. The maximum absolute atomic E-state index is 13.8.